The number of allylic oxidation sites excluding steroid dienone is 1. The van der Waals surface area contributed by atoms with Gasteiger partial charge in [0.2, 0.25) is 0 Å². The summed E-state index contributed by atoms with van der Waals surface area (Å²) in [5.41, 5.74) is 0.965. The Bertz CT molecular complexity index is 278. The van der Waals surface area contributed by atoms with Crippen LogP contribution in [0.5, 0.6) is 0 Å². The zero-order chi connectivity index (χ0) is 10.4. The third kappa shape index (κ3) is 3.36. The summed E-state index contributed by atoms with van der Waals surface area (Å²) in [6.07, 6.45) is 4.56. The maximum absolute atomic E-state index is 6.23. The van der Waals surface area contributed by atoms with Gasteiger partial charge in [-0.3, -0.25) is 0 Å². The van der Waals surface area contributed by atoms with Crippen molar-refractivity contribution in [1.82, 2.24) is 0 Å². The summed E-state index contributed by atoms with van der Waals surface area (Å²) in [5.74, 6) is 0. The zero-order valence-electron chi connectivity index (χ0n) is 8.05. The van der Waals surface area contributed by atoms with E-state index < -0.39 is 4.33 Å². The summed E-state index contributed by atoms with van der Waals surface area (Å²) in [7, 11) is 0. The first kappa shape index (κ1) is 11.6. The fourth-order valence-electron chi connectivity index (χ4n) is 1.29. The van der Waals surface area contributed by atoms with Crippen LogP contribution >= 0.6 is 23.2 Å². The van der Waals surface area contributed by atoms with Gasteiger partial charge in [0.15, 0.2) is 0 Å². The van der Waals surface area contributed by atoms with Gasteiger partial charge < -0.3 is 0 Å². The van der Waals surface area contributed by atoms with E-state index in [-0.39, 0.29) is 0 Å². The monoisotopic (exact) mass is 228 g/mol. The van der Waals surface area contributed by atoms with Crippen molar-refractivity contribution in [1.29, 1.82) is 0 Å². The first-order chi connectivity index (χ1) is 6.67. The molecule has 0 fully saturated rings. The Kier molecular flexibility index (Phi) is 4.50. The highest BCUT2D eigenvalue weighted by Crippen LogP contribution is 2.38. The van der Waals surface area contributed by atoms with Gasteiger partial charge in [0.05, 0.1) is 0 Å². The van der Waals surface area contributed by atoms with E-state index in [1.54, 1.807) is 0 Å². The highest BCUT2D eigenvalue weighted by molar-refractivity contribution is 6.48. The maximum Gasteiger partial charge on any atom is 0.143 e. The van der Waals surface area contributed by atoms with E-state index in [0.717, 1.165) is 24.8 Å². The van der Waals surface area contributed by atoms with Crippen LogP contribution in [-0.4, -0.2) is 0 Å². The Morgan fingerprint density at radius 3 is 2.43 bits per heavy atom. The van der Waals surface area contributed by atoms with E-state index >= 15 is 0 Å². The predicted octanol–water partition coefficient (Wildman–Crippen LogP) is 4.67. The standard InChI is InChI=1S/C12H14Cl2/c1-2-3-7-10-12(13,14)11-8-5-4-6-9-11/h2,4-6,8-9H,1,3,7,10H2. The molecule has 0 atom stereocenters. The third-order valence-electron chi connectivity index (χ3n) is 2.10. The summed E-state index contributed by atoms with van der Waals surface area (Å²) in [6.45, 7) is 3.67. The topological polar surface area (TPSA) is 0 Å². The minimum atomic E-state index is -0.760. The van der Waals surface area contributed by atoms with E-state index in [1.165, 1.54) is 0 Å². The second kappa shape index (κ2) is 5.43. The van der Waals surface area contributed by atoms with E-state index in [0.29, 0.717) is 0 Å². The summed E-state index contributed by atoms with van der Waals surface area (Å²) in [5, 5.41) is 0. The van der Waals surface area contributed by atoms with Gasteiger partial charge in [0.25, 0.3) is 0 Å². The molecule has 0 saturated heterocycles. The van der Waals surface area contributed by atoms with E-state index in [4.69, 9.17) is 23.2 Å². The molecule has 76 valence electrons. The minimum Gasteiger partial charge on any atom is -0.103 e. The van der Waals surface area contributed by atoms with Crippen LogP contribution in [0, 0.1) is 0 Å². The number of unbranched alkanes of at least 4 members (excludes halogenated alkanes) is 1. The molecule has 0 bridgehead atoms. The van der Waals surface area contributed by atoms with Crippen LogP contribution in [0.2, 0.25) is 0 Å². The molecule has 0 heterocycles. The van der Waals surface area contributed by atoms with Crippen molar-refractivity contribution < 1.29 is 0 Å². The molecule has 0 aliphatic rings. The Balaban J connectivity index is 2.61. The minimum absolute atomic E-state index is 0.756. The molecule has 0 saturated carbocycles. The number of benzene rings is 1. The number of hydrogen-bond acceptors (Lipinski definition) is 0. The quantitative estimate of drug-likeness (QED) is 0.391. The second-order valence-corrected chi connectivity index (χ2v) is 4.74. The van der Waals surface area contributed by atoms with E-state index in [9.17, 15) is 0 Å². The average molecular weight is 229 g/mol. The molecule has 0 radical (unpaired) electrons. The molecule has 14 heavy (non-hydrogen) atoms. The van der Waals surface area contributed by atoms with Gasteiger partial charge in [-0.1, -0.05) is 59.6 Å². The highest BCUT2D eigenvalue weighted by atomic mass is 35.5. The summed E-state index contributed by atoms with van der Waals surface area (Å²) in [6, 6.07) is 9.75. The van der Waals surface area contributed by atoms with Gasteiger partial charge in [0.1, 0.15) is 4.33 Å². The van der Waals surface area contributed by atoms with Crippen molar-refractivity contribution in [3.8, 4) is 0 Å². The number of rotatable bonds is 5. The maximum atomic E-state index is 6.23. The molecule has 1 aromatic carbocycles. The first-order valence-corrected chi connectivity index (χ1v) is 5.46. The van der Waals surface area contributed by atoms with Crippen LogP contribution < -0.4 is 0 Å². The molecule has 0 N–H and O–H groups in total. The van der Waals surface area contributed by atoms with Gasteiger partial charge in [-0.25, -0.2) is 0 Å². The predicted molar refractivity (Wildman–Crippen MR) is 63.9 cm³/mol. The summed E-state index contributed by atoms with van der Waals surface area (Å²) < 4.78 is -0.760. The van der Waals surface area contributed by atoms with E-state index in [2.05, 4.69) is 6.58 Å². The van der Waals surface area contributed by atoms with Crippen molar-refractivity contribution in [2.45, 2.75) is 23.6 Å². The van der Waals surface area contributed by atoms with Crippen LogP contribution in [0.25, 0.3) is 0 Å². The van der Waals surface area contributed by atoms with Crippen LogP contribution in [0.3, 0.4) is 0 Å². The van der Waals surface area contributed by atoms with Crippen LogP contribution in [0.15, 0.2) is 43.0 Å². The van der Waals surface area contributed by atoms with Crippen LogP contribution in [0.4, 0.5) is 0 Å². The van der Waals surface area contributed by atoms with Crippen LogP contribution in [0.1, 0.15) is 24.8 Å². The van der Waals surface area contributed by atoms with Crippen molar-refractivity contribution in [2.75, 3.05) is 0 Å². The Labute approximate surface area is 95.5 Å². The highest BCUT2D eigenvalue weighted by Gasteiger charge is 2.24. The second-order valence-electron chi connectivity index (χ2n) is 3.25. The lowest BCUT2D eigenvalue weighted by Gasteiger charge is -2.19. The molecule has 0 amide bonds. The Morgan fingerprint density at radius 2 is 1.86 bits per heavy atom. The van der Waals surface area contributed by atoms with Crippen LogP contribution in [-0.2, 0) is 4.33 Å². The Morgan fingerprint density at radius 1 is 1.21 bits per heavy atom. The SMILES string of the molecule is C=CCCCC(Cl)(Cl)c1ccccc1. The van der Waals surface area contributed by atoms with Crippen molar-refractivity contribution in [3.05, 3.63) is 48.6 Å². The molecule has 0 aromatic heterocycles. The fourth-order valence-corrected chi connectivity index (χ4v) is 1.81. The fraction of sp³-hybridized carbons (Fsp3) is 0.333. The number of alkyl halides is 2. The Hall–Kier alpha value is -0.460. The molecule has 0 nitrogen and oxygen atoms in total. The van der Waals surface area contributed by atoms with Gasteiger partial charge in [0, 0.05) is 0 Å². The molecule has 0 spiro atoms. The van der Waals surface area contributed by atoms with E-state index in [1.807, 2.05) is 36.4 Å². The molecule has 0 unspecified atom stereocenters. The largest absolute Gasteiger partial charge is 0.143 e. The van der Waals surface area contributed by atoms with Gasteiger partial charge >= 0.3 is 0 Å². The zero-order valence-corrected chi connectivity index (χ0v) is 9.56. The lowest BCUT2D eigenvalue weighted by atomic mass is 10.1. The molecule has 0 aliphatic carbocycles. The van der Waals surface area contributed by atoms with Gasteiger partial charge in [-0.05, 0) is 24.8 Å². The van der Waals surface area contributed by atoms with Crippen molar-refractivity contribution in [2.24, 2.45) is 0 Å². The number of halogens is 2. The molecular formula is C12H14Cl2. The molecule has 0 aliphatic heterocycles. The lowest BCUT2D eigenvalue weighted by molar-refractivity contribution is 0.682. The van der Waals surface area contributed by atoms with Gasteiger partial charge in [-0.15, -0.1) is 6.58 Å². The molecule has 1 rings (SSSR count). The third-order valence-corrected chi connectivity index (χ3v) is 2.91. The molecule has 1 aromatic rings. The van der Waals surface area contributed by atoms with Gasteiger partial charge in [-0.2, -0.15) is 0 Å². The summed E-state index contributed by atoms with van der Waals surface area (Å²) >= 11 is 12.5. The van der Waals surface area contributed by atoms with Crippen molar-refractivity contribution in [3.63, 3.8) is 0 Å². The normalized spacial score (nSPS) is 11.3. The molecule has 2 heteroatoms. The number of hydrogen-bond donors (Lipinski definition) is 0. The summed E-state index contributed by atoms with van der Waals surface area (Å²) in [4.78, 5) is 0. The van der Waals surface area contributed by atoms with Crippen molar-refractivity contribution >= 4 is 23.2 Å². The average Bonchev–Trinajstić information content (AvgIpc) is 2.19. The smallest absolute Gasteiger partial charge is 0.103 e. The lowest BCUT2D eigenvalue weighted by Crippen LogP contribution is -2.09. The molecular weight excluding hydrogens is 215 g/mol. The first-order valence-electron chi connectivity index (χ1n) is 4.71.